The predicted molar refractivity (Wildman–Crippen MR) is 64.6 cm³/mol. The summed E-state index contributed by atoms with van der Waals surface area (Å²) in [5, 5.41) is 9.21. The molecule has 2 nitrogen and oxygen atoms in total. The van der Waals surface area contributed by atoms with Gasteiger partial charge in [0, 0.05) is 0 Å². The topological polar surface area (TPSA) is 29.5 Å². The molecule has 0 atom stereocenters. The smallest absolute Gasteiger partial charge is 0.134 e. The van der Waals surface area contributed by atoms with Gasteiger partial charge in [-0.1, -0.05) is 24.8 Å². The normalized spacial score (nSPS) is 9.94. The molecule has 0 fully saturated rings. The fourth-order valence-corrected chi connectivity index (χ4v) is 1.41. The van der Waals surface area contributed by atoms with Gasteiger partial charge in [0.1, 0.15) is 23.1 Å². The number of hydrogen-bond donors (Lipinski definition) is 1. The van der Waals surface area contributed by atoms with Crippen LogP contribution in [0.15, 0.2) is 55.1 Å². The quantitative estimate of drug-likeness (QED) is 0.803. The molecule has 0 bridgehead atoms. The van der Waals surface area contributed by atoms with Crippen LogP contribution in [0.3, 0.4) is 0 Å². The minimum atomic E-state index is -0.530. The van der Waals surface area contributed by atoms with E-state index in [2.05, 4.69) is 6.58 Å². The molecule has 0 aliphatic heterocycles. The van der Waals surface area contributed by atoms with Gasteiger partial charge in [0.25, 0.3) is 0 Å². The van der Waals surface area contributed by atoms with Crippen LogP contribution in [0.2, 0.25) is 0 Å². The molecule has 0 aliphatic rings. The molecule has 0 radical (unpaired) electrons. The lowest BCUT2D eigenvalue weighted by Gasteiger charge is -2.07. The van der Waals surface area contributed by atoms with Gasteiger partial charge in [-0.25, -0.2) is 4.39 Å². The van der Waals surface area contributed by atoms with Crippen LogP contribution in [-0.4, -0.2) is 5.11 Å². The lowest BCUT2D eigenvalue weighted by atomic mass is 10.2. The molecule has 2 rings (SSSR count). The SMILES string of the molecule is C=C(O)c1cc(Oc2ccccc2)ccc1F. The molecule has 2 aromatic carbocycles. The Morgan fingerprint density at radius 3 is 2.41 bits per heavy atom. The molecule has 0 saturated carbocycles. The minimum Gasteiger partial charge on any atom is -0.508 e. The average molecular weight is 230 g/mol. The van der Waals surface area contributed by atoms with E-state index in [0.717, 1.165) is 0 Å². The van der Waals surface area contributed by atoms with Crippen LogP contribution >= 0.6 is 0 Å². The molecule has 0 unspecified atom stereocenters. The maximum Gasteiger partial charge on any atom is 0.134 e. The maximum absolute atomic E-state index is 13.3. The molecule has 0 spiro atoms. The first-order valence-electron chi connectivity index (χ1n) is 5.07. The summed E-state index contributed by atoms with van der Waals surface area (Å²) in [6.45, 7) is 3.29. The first-order valence-corrected chi connectivity index (χ1v) is 5.07. The summed E-state index contributed by atoms with van der Waals surface area (Å²) in [6.07, 6.45) is 0. The van der Waals surface area contributed by atoms with Crippen LogP contribution in [0.5, 0.6) is 11.5 Å². The van der Waals surface area contributed by atoms with Crippen LogP contribution in [0.25, 0.3) is 5.76 Å². The average Bonchev–Trinajstić information content (AvgIpc) is 2.32. The molecule has 86 valence electrons. The van der Waals surface area contributed by atoms with Crippen molar-refractivity contribution in [2.45, 2.75) is 0 Å². The largest absolute Gasteiger partial charge is 0.508 e. The number of aliphatic hydroxyl groups is 1. The summed E-state index contributed by atoms with van der Waals surface area (Å²) in [6, 6.07) is 13.3. The molecule has 0 amide bonds. The minimum absolute atomic E-state index is 0.0402. The van der Waals surface area contributed by atoms with Crippen molar-refractivity contribution in [2.75, 3.05) is 0 Å². The highest BCUT2D eigenvalue weighted by molar-refractivity contribution is 5.58. The van der Waals surface area contributed by atoms with Crippen LogP contribution in [0.1, 0.15) is 5.56 Å². The number of ether oxygens (including phenoxy) is 1. The molecule has 0 aromatic heterocycles. The second-order valence-electron chi connectivity index (χ2n) is 3.50. The van der Waals surface area contributed by atoms with Gasteiger partial charge < -0.3 is 9.84 Å². The molecule has 2 aromatic rings. The fraction of sp³-hybridized carbons (Fsp3) is 0. The molecule has 1 N–H and O–H groups in total. The monoisotopic (exact) mass is 230 g/mol. The van der Waals surface area contributed by atoms with Crippen LogP contribution in [0, 0.1) is 5.82 Å². The zero-order valence-electron chi connectivity index (χ0n) is 9.06. The summed E-state index contributed by atoms with van der Waals surface area (Å²) < 4.78 is 18.8. The van der Waals surface area contributed by atoms with Gasteiger partial charge >= 0.3 is 0 Å². The maximum atomic E-state index is 13.3. The van der Waals surface area contributed by atoms with Gasteiger partial charge in [-0.3, -0.25) is 0 Å². The molecule has 0 aliphatic carbocycles. The van der Waals surface area contributed by atoms with Crippen LogP contribution < -0.4 is 4.74 Å². The van der Waals surface area contributed by atoms with Crippen molar-refractivity contribution in [3.63, 3.8) is 0 Å². The highest BCUT2D eigenvalue weighted by Crippen LogP contribution is 2.25. The zero-order chi connectivity index (χ0) is 12.3. The second kappa shape index (κ2) is 4.70. The van der Waals surface area contributed by atoms with E-state index < -0.39 is 5.82 Å². The van der Waals surface area contributed by atoms with Crippen molar-refractivity contribution < 1.29 is 14.2 Å². The molecular weight excluding hydrogens is 219 g/mol. The number of halogens is 1. The van der Waals surface area contributed by atoms with Crippen molar-refractivity contribution >= 4 is 5.76 Å². The third kappa shape index (κ3) is 2.64. The van der Waals surface area contributed by atoms with E-state index in [-0.39, 0.29) is 11.3 Å². The first kappa shape index (κ1) is 11.2. The van der Waals surface area contributed by atoms with E-state index in [0.29, 0.717) is 11.5 Å². The number of para-hydroxylation sites is 1. The number of hydrogen-bond acceptors (Lipinski definition) is 2. The Morgan fingerprint density at radius 2 is 1.76 bits per heavy atom. The van der Waals surface area contributed by atoms with Gasteiger partial charge in [0.05, 0.1) is 5.56 Å². The fourth-order valence-electron chi connectivity index (χ4n) is 1.41. The van der Waals surface area contributed by atoms with E-state index in [1.54, 1.807) is 12.1 Å². The second-order valence-corrected chi connectivity index (χ2v) is 3.50. The summed E-state index contributed by atoms with van der Waals surface area (Å²) in [5.41, 5.74) is 0.0402. The molecule has 3 heteroatoms. The van der Waals surface area contributed by atoms with Crippen LogP contribution in [-0.2, 0) is 0 Å². The van der Waals surface area contributed by atoms with E-state index in [1.807, 2.05) is 18.2 Å². The highest BCUT2D eigenvalue weighted by Gasteiger charge is 2.07. The Labute approximate surface area is 98.6 Å². The number of aliphatic hydroxyl groups excluding tert-OH is 1. The van der Waals surface area contributed by atoms with Gasteiger partial charge in [-0.05, 0) is 30.3 Å². The van der Waals surface area contributed by atoms with E-state index in [1.165, 1.54) is 18.2 Å². The Hall–Kier alpha value is -2.29. The van der Waals surface area contributed by atoms with Crippen molar-refractivity contribution in [2.24, 2.45) is 0 Å². The number of rotatable bonds is 3. The van der Waals surface area contributed by atoms with E-state index in [9.17, 15) is 9.50 Å². The van der Waals surface area contributed by atoms with E-state index >= 15 is 0 Å². The highest BCUT2D eigenvalue weighted by atomic mass is 19.1. The van der Waals surface area contributed by atoms with Gasteiger partial charge in [-0.2, -0.15) is 0 Å². The Morgan fingerprint density at radius 1 is 1.06 bits per heavy atom. The van der Waals surface area contributed by atoms with Crippen molar-refractivity contribution in [1.82, 2.24) is 0 Å². The van der Waals surface area contributed by atoms with Crippen molar-refractivity contribution in [1.29, 1.82) is 0 Å². The lowest BCUT2D eigenvalue weighted by Crippen LogP contribution is -1.90. The third-order valence-electron chi connectivity index (χ3n) is 2.23. The molecule has 17 heavy (non-hydrogen) atoms. The Kier molecular flexibility index (Phi) is 3.10. The summed E-state index contributed by atoms with van der Waals surface area (Å²) in [7, 11) is 0. The Balaban J connectivity index is 2.29. The van der Waals surface area contributed by atoms with Crippen LogP contribution in [0.4, 0.5) is 4.39 Å². The summed E-state index contributed by atoms with van der Waals surface area (Å²) in [5.74, 6) is 0.246. The number of benzene rings is 2. The zero-order valence-corrected chi connectivity index (χ0v) is 9.06. The molecule has 0 heterocycles. The predicted octanol–water partition coefficient (Wildman–Crippen LogP) is 4.15. The summed E-state index contributed by atoms with van der Waals surface area (Å²) in [4.78, 5) is 0. The standard InChI is InChI=1S/C14H11FO2/c1-10(16)13-9-12(7-8-14(13)15)17-11-5-3-2-4-6-11/h2-9,16H,1H2. The van der Waals surface area contributed by atoms with Crippen molar-refractivity contribution in [3.8, 4) is 11.5 Å². The molecule has 0 saturated heterocycles. The Bertz CT molecular complexity index is 535. The first-order chi connectivity index (χ1) is 8.16. The summed E-state index contributed by atoms with van der Waals surface area (Å²) >= 11 is 0. The van der Waals surface area contributed by atoms with Gasteiger partial charge in [-0.15, -0.1) is 0 Å². The third-order valence-corrected chi connectivity index (χ3v) is 2.23. The van der Waals surface area contributed by atoms with Crippen molar-refractivity contribution in [3.05, 3.63) is 66.5 Å². The van der Waals surface area contributed by atoms with Gasteiger partial charge in [0.2, 0.25) is 0 Å². The molecular formula is C14H11FO2. The lowest BCUT2D eigenvalue weighted by molar-refractivity contribution is 0.475. The van der Waals surface area contributed by atoms with E-state index in [4.69, 9.17) is 4.74 Å². The van der Waals surface area contributed by atoms with Gasteiger partial charge in [0.15, 0.2) is 0 Å².